The Labute approximate surface area is 109 Å². The van der Waals surface area contributed by atoms with Crippen LogP contribution in [0.4, 0.5) is 8.78 Å². The van der Waals surface area contributed by atoms with Gasteiger partial charge in [0.1, 0.15) is 5.58 Å². The molecule has 2 nitrogen and oxygen atoms in total. The monoisotopic (exact) mass is 264 g/mol. The molecule has 19 heavy (non-hydrogen) atoms. The molecule has 1 heterocycles. The first kappa shape index (κ1) is 12.3. The van der Waals surface area contributed by atoms with Crippen LogP contribution in [-0.4, -0.2) is 11.7 Å². The van der Waals surface area contributed by atoms with E-state index in [0.717, 1.165) is 5.39 Å². The van der Waals surface area contributed by atoms with Crippen LogP contribution in [0.5, 0.6) is 0 Å². The number of benzene rings is 1. The fraction of sp³-hybridized carbons (Fsp3) is 0.400. The van der Waals surface area contributed by atoms with Crippen molar-refractivity contribution in [1.82, 2.24) is 0 Å². The number of rotatable bonds is 2. The van der Waals surface area contributed by atoms with Crippen LogP contribution >= 0.6 is 0 Å². The van der Waals surface area contributed by atoms with Gasteiger partial charge in [-0.2, -0.15) is 0 Å². The number of Topliss-reactive ketones (excluding diaryl/α,β-unsaturated/α-hetero) is 1. The number of furan rings is 1. The Morgan fingerprint density at radius 2 is 1.89 bits per heavy atom. The Balaban J connectivity index is 1.80. The second kappa shape index (κ2) is 4.44. The molecular formula is C15H14F2O2. The number of hydrogen-bond donors (Lipinski definition) is 0. The zero-order chi connectivity index (χ0) is 13.5. The molecule has 1 aromatic heterocycles. The molecule has 0 bridgehead atoms. The molecule has 1 saturated carbocycles. The van der Waals surface area contributed by atoms with Crippen LogP contribution in [0.3, 0.4) is 0 Å². The van der Waals surface area contributed by atoms with Gasteiger partial charge in [0.2, 0.25) is 11.7 Å². The van der Waals surface area contributed by atoms with Crippen molar-refractivity contribution in [2.45, 2.75) is 31.6 Å². The predicted molar refractivity (Wildman–Crippen MR) is 67.4 cm³/mol. The first-order valence-corrected chi connectivity index (χ1v) is 6.46. The highest BCUT2D eigenvalue weighted by atomic mass is 19.3. The molecule has 1 aliphatic carbocycles. The third kappa shape index (κ3) is 2.39. The SMILES string of the molecule is O=C(c1cc2ccccc2o1)C1CCC(F)(F)CC1. The number of carbonyl (C=O) groups excluding carboxylic acids is 1. The minimum absolute atomic E-state index is 0.147. The molecule has 0 saturated heterocycles. The summed E-state index contributed by atoms with van der Waals surface area (Å²) in [5.74, 6) is -2.80. The minimum atomic E-state index is -2.61. The maximum atomic E-state index is 13.1. The molecule has 0 unspecified atom stereocenters. The molecule has 0 amide bonds. The molecule has 0 radical (unpaired) electrons. The minimum Gasteiger partial charge on any atom is -0.453 e. The second-order valence-corrected chi connectivity index (χ2v) is 5.14. The lowest BCUT2D eigenvalue weighted by atomic mass is 9.83. The quantitative estimate of drug-likeness (QED) is 0.750. The van der Waals surface area contributed by atoms with Crippen molar-refractivity contribution < 1.29 is 18.0 Å². The lowest BCUT2D eigenvalue weighted by Crippen LogP contribution is -2.28. The zero-order valence-corrected chi connectivity index (χ0v) is 10.4. The van der Waals surface area contributed by atoms with Crippen LogP contribution in [0.25, 0.3) is 11.0 Å². The molecular weight excluding hydrogens is 250 g/mol. The van der Waals surface area contributed by atoms with Crippen molar-refractivity contribution in [3.63, 3.8) is 0 Å². The Bertz CT molecular complexity index is 572. The van der Waals surface area contributed by atoms with Crippen molar-refractivity contribution in [2.24, 2.45) is 5.92 Å². The van der Waals surface area contributed by atoms with E-state index in [1.807, 2.05) is 18.2 Å². The summed E-state index contributed by atoms with van der Waals surface area (Å²) >= 11 is 0. The number of alkyl halides is 2. The number of carbonyl (C=O) groups is 1. The van der Waals surface area contributed by atoms with E-state index in [9.17, 15) is 13.6 Å². The molecule has 100 valence electrons. The van der Waals surface area contributed by atoms with E-state index in [-0.39, 0.29) is 43.1 Å². The van der Waals surface area contributed by atoms with Gasteiger partial charge in [0, 0.05) is 24.1 Å². The summed E-state index contributed by atoms with van der Waals surface area (Å²) in [6.45, 7) is 0. The van der Waals surface area contributed by atoms with Gasteiger partial charge in [-0.05, 0) is 25.0 Å². The molecule has 2 aromatic rings. The summed E-state index contributed by atoms with van der Waals surface area (Å²) in [5, 5.41) is 0.868. The first-order chi connectivity index (χ1) is 9.05. The summed E-state index contributed by atoms with van der Waals surface area (Å²) in [6.07, 6.45) is 0.0685. The van der Waals surface area contributed by atoms with Gasteiger partial charge in [0.15, 0.2) is 5.76 Å². The summed E-state index contributed by atoms with van der Waals surface area (Å²) in [7, 11) is 0. The van der Waals surface area contributed by atoms with E-state index in [1.54, 1.807) is 12.1 Å². The van der Waals surface area contributed by atoms with Gasteiger partial charge in [0.05, 0.1) is 0 Å². The topological polar surface area (TPSA) is 30.2 Å². The number of halogens is 2. The van der Waals surface area contributed by atoms with Crippen LogP contribution in [0.1, 0.15) is 36.2 Å². The molecule has 4 heteroatoms. The Hall–Kier alpha value is -1.71. The standard InChI is InChI=1S/C15H14F2O2/c16-15(17)7-5-10(6-8-15)14(18)13-9-11-3-1-2-4-12(11)19-13/h1-4,9-10H,5-8H2. The van der Waals surface area contributed by atoms with E-state index in [0.29, 0.717) is 5.58 Å². The summed E-state index contributed by atoms with van der Waals surface area (Å²) < 4.78 is 31.7. The Kier molecular flexibility index (Phi) is 2.88. The van der Waals surface area contributed by atoms with Crippen LogP contribution in [0, 0.1) is 5.92 Å². The van der Waals surface area contributed by atoms with Gasteiger partial charge in [-0.25, -0.2) is 8.78 Å². The summed E-state index contributed by atoms with van der Waals surface area (Å²) in [6, 6.07) is 9.06. The largest absolute Gasteiger partial charge is 0.453 e. The number of para-hydroxylation sites is 1. The van der Waals surface area contributed by atoms with Crippen molar-refractivity contribution in [2.75, 3.05) is 0 Å². The van der Waals surface area contributed by atoms with Crippen LogP contribution in [0.2, 0.25) is 0 Å². The second-order valence-electron chi connectivity index (χ2n) is 5.14. The highest BCUT2D eigenvalue weighted by Crippen LogP contribution is 2.37. The maximum absolute atomic E-state index is 13.1. The highest BCUT2D eigenvalue weighted by molar-refractivity contribution is 5.99. The van der Waals surface area contributed by atoms with Crippen LogP contribution in [-0.2, 0) is 0 Å². The molecule has 0 spiro atoms. The Morgan fingerprint density at radius 1 is 1.21 bits per heavy atom. The molecule has 3 rings (SSSR count). The van der Waals surface area contributed by atoms with E-state index < -0.39 is 5.92 Å². The average molecular weight is 264 g/mol. The molecule has 1 aromatic carbocycles. The molecule has 0 atom stereocenters. The lowest BCUT2D eigenvalue weighted by Gasteiger charge is -2.26. The third-order valence-electron chi connectivity index (χ3n) is 3.76. The molecule has 0 aliphatic heterocycles. The smallest absolute Gasteiger partial charge is 0.248 e. The van der Waals surface area contributed by atoms with Gasteiger partial charge in [-0.15, -0.1) is 0 Å². The van der Waals surface area contributed by atoms with Gasteiger partial charge in [0.25, 0.3) is 0 Å². The zero-order valence-electron chi connectivity index (χ0n) is 10.4. The average Bonchev–Trinajstić information content (AvgIpc) is 2.81. The molecule has 1 aliphatic rings. The van der Waals surface area contributed by atoms with Crippen molar-refractivity contribution in [1.29, 1.82) is 0 Å². The number of hydrogen-bond acceptors (Lipinski definition) is 2. The lowest BCUT2D eigenvalue weighted by molar-refractivity contribution is -0.0426. The Morgan fingerprint density at radius 3 is 2.58 bits per heavy atom. The van der Waals surface area contributed by atoms with E-state index >= 15 is 0 Å². The van der Waals surface area contributed by atoms with Gasteiger partial charge in [-0.3, -0.25) is 4.79 Å². The predicted octanol–water partition coefficient (Wildman–Crippen LogP) is 4.44. The number of ketones is 1. The third-order valence-corrected chi connectivity index (χ3v) is 3.76. The van der Waals surface area contributed by atoms with Crippen molar-refractivity contribution >= 4 is 16.8 Å². The fourth-order valence-corrected chi connectivity index (χ4v) is 2.61. The van der Waals surface area contributed by atoms with Crippen molar-refractivity contribution in [3.8, 4) is 0 Å². The number of fused-ring (bicyclic) bond motifs is 1. The highest BCUT2D eigenvalue weighted by Gasteiger charge is 2.38. The van der Waals surface area contributed by atoms with Crippen molar-refractivity contribution in [3.05, 3.63) is 36.1 Å². The van der Waals surface area contributed by atoms with Gasteiger partial charge in [-0.1, -0.05) is 18.2 Å². The van der Waals surface area contributed by atoms with Crippen LogP contribution in [0.15, 0.2) is 34.7 Å². The molecule has 1 fully saturated rings. The summed E-state index contributed by atoms with van der Waals surface area (Å²) in [4.78, 5) is 12.2. The van der Waals surface area contributed by atoms with E-state index in [4.69, 9.17) is 4.42 Å². The van der Waals surface area contributed by atoms with E-state index in [1.165, 1.54) is 0 Å². The maximum Gasteiger partial charge on any atom is 0.248 e. The van der Waals surface area contributed by atoms with Gasteiger partial charge < -0.3 is 4.42 Å². The molecule has 0 N–H and O–H groups in total. The van der Waals surface area contributed by atoms with E-state index in [2.05, 4.69) is 0 Å². The summed E-state index contributed by atoms with van der Waals surface area (Å²) in [5.41, 5.74) is 0.659. The first-order valence-electron chi connectivity index (χ1n) is 6.46. The fourth-order valence-electron chi connectivity index (χ4n) is 2.61. The van der Waals surface area contributed by atoms with Crippen LogP contribution < -0.4 is 0 Å². The normalized spacial score (nSPS) is 19.7. The van der Waals surface area contributed by atoms with Gasteiger partial charge >= 0.3 is 0 Å².